The molecular formula is C23H16FN3O5. The maximum absolute atomic E-state index is 13.9. The molecule has 0 bridgehead atoms. The second kappa shape index (κ2) is 7.45. The van der Waals surface area contributed by atoms with Gasteiger partial charge in [0, 0.05) is 12.4 Å². The quantitative estimate of drug-likeness (QED) is 0.524. The number of phenols is 1. The summed E-state index contributed by atoms with van der Waals surface area (Å²) < 4.78 is 25.1. The molecule has 1 atom stereocenters. The third kappa shape index (κ3) is 2.97. The largest absolute Gasteiger partial charge is 0.504 e. The van der Waals surface area contributed by atoms with Crippen molar-refractivity contribution in [1.82, 2.24) is 9.97 Å². The predicted molar refractivity (Wildman–Crippen MR) is 112 cm³/mol. The van der Waals surface area contributed by atoms with E-state index in [1.165, 1.54) is 35.5 Å². The van der Waals surface area contributed by atoms with Crippen molar-refractivity contribution in [1.29, 1.82) is 0 Å². The standard InChI is InChI=1S/C23H16FN3O5/c1-2-31-17-10-12(4-6-15(17)28)19-18-20(29)14-11-13(24)5-7-16(14)32-21(18)22(30)27(19)23-25-8-3-9-26-23/h3-11,19,28H,2H2,1H3. The van der Waals surface area contributed by atoms with Gasteiger partial charge in [0.1, 0.15) is 11.4 Å². The maximum atomic E-state index is 13.9. The molecule has 2 aromatic heterocycles. The Morgan fingerprint density at radius 3 is 2.69 bits per heavy atom. The molecule has 32 heavy (non-hydrogen) atoms. The minimum atomic E-state index is -0.969. The molecule has 0 radical (unpaired) electrons. The molecule has 0 spiro atoms. The van der Waals surface area contributed by atoms with Crippen molar-refractivity contribution in [2.45, 2.75) is 13.0 Å². The van der Waals surface area contributed by atoms with Crippen LogP contribution < -0.4 is 15.1 Å². The second-order valence-electron chi connectivity index (χ2n) is 7.10. The summed E-state index contributed by atoms with van der Waals surface area (Å²) in [6.07, 6.45) is 2.94. The van der Waals surface area contributed by atoms with Crippen LogP contribution in [0.15, 0.2) is 64.1 Å². The Balaban J connectivity index is 1.81. The topological polar surface area (TPSA) is 106 Å². The van der Waals surface area contributed by atoms with Crippen LogP contribution in [0.3, 0.4) is 0 Å². The number of carbonyl (C=O) groups excluding carboxylic acids is 1. The highest BCUT2D eigenvalue weighted by Crippen LogP contribution is 2.42. The van der Waals surface area contributed by atoms with Crippen molar-refractivity contribution in [3.05, 3.63) is 87.8 Å². The molecule has 9 heteroatoms. The molecule has 160 valence electrons. The van der Waals surface area contributed by atoms with E-state index in [9.17, 15) is 19.1 Å². The summed E-state index contributed by atoms with van der Waals surface area (Å²) >= 11 is 0. The average molecular weight is 433 g/mol. The molecule has 2 aromatic carbocycles. The Bertz CT molecular complexity index is 1420. The van der Waals surface area contributed by atoms with Crippen molar-refractivity contribution in [3.8, 4) is 11.5 Å². The molecule has 1 aliphatic rings. The molecule has 0 fully saturated rings. The van der Waals surface area contributed by atoms with Gasteiger partial charge in [-0.3, -0.25) is 14.5 Å². The van der Waals surface area contributed by atoms with Gasteiger partial charge in [-0.15, -0.1) is 0 Å². The van der Waals surface area contributed by atoms with E-state index in [1.807, 2.05) is 0 Å². The van der Waals surface area contributed by atoms with Gasteiger partial charge in [0.15, 0.2) is 16.9 Å². The van der Waals surface area contributed by atoms with E-state index in [0.717, 1.165) is 12.1 Å². The smallest absolute Gasteiger partial charge is 0.297 e. The number of carbonyl (C=O) groups is 1. The monoisotopic (exact) mass is 433 g/mol. The minimum absolute atomic E-state index is 0.0150. The Kier molecular flexibility index (Phi) is 4.58. The van der Waals surface area contributed by atoms with E-state index in [2.05, 4.69) is 9.97 Å². The number of phenolic OH excluding ortho intramolecular Hbond substituents is 1. The fourth-order valence-electron chi connectivity index (χ4n) is 3.85. The van der Waals surface area contributed by atoms with Crippen LogP contribution in [0.5, 0.6) is 11.5 Å². The van der Waals surface area contributed by atoms with Crippen molar-refractivity contribution in [3.63, 3.8) is 0 Å². The lowest BCUT2D eigenvalue weighted by Gasteiger charge is -2.23. The number of anilines is 1. The molecule has 4 aromatic rings. The summed E-state index contributed by atoms with van der Waals surface area (Å²) in [5.74, 6) is -1.21. The number of nitrogens with zero attached hydrogens (tertiary/aromatic N) is 3. The zero-order chi connectivity index (χ0) is 22.4. The fraction of sp³-hybridized carbons (Fsp3) is 0.130. The maximum Gasteiger partial charge on any atom is 0.297 e. The first kappa shape index (κ1) is 19.7. The third-order valence-corrected chi connectivity index (χ3v) is 5.20. The van der Waals surface area contributed by atoms with E-state index in [0.29, 0.717) is 12.2 Å². The lowest BCUT2D eigenvalue weighted by molar-refractivity contribution is 0.0969. The highest BCUT2D eigenvalue weighted by atomic mass is 19.1. The van der Waals surface area contributed by atoms with Crippen LogP contribution in [0.2, 0.25) is 0 Å². The van der Waals surface area contributed by atoms with Gasteiger partial charge >= 0.3 is 0 Å². The number of fused-ring (bicyclic) bond motifs is 2. The van der Waals surface area contributed by atoms with Crippen LogP contribution in [0, 0.1) is 5.82 Å². The summed E-state index contributed by atoms with van der Waals surface area (Å²) in [7, 11) is 0. The number of benzene rings is 2. The molecule has 3 heterocycles. The first-order valence-corrected chi connectivity index (χ1v) is 9.82. The van der Waals surface area contributed by atoms with Crippen LogP contribution in [0.1, 0.15) is 34.6 Å². The van der Waals surface area contributed by atoms with E-state index in [1.54, 1.807) is 19.1 Å². The van der Waals surface area contributed by atoms with Crippen molar-refractivity contribution in [2.24, 2.45) is 0 Å². The third-order valence-electron chi connectivity index (χ3n) is 5.20. The number of hydrogen-bond acceptors (Lipinski definition) is 7. The summed E-state index contributed by atoms with van der Waals surface area (Å²) in [6, 6.07) is 8.68. The molecule has 1 amide bonds. The molecule has 8 nitrogen and oxygen atoms in total. The number of hydrogen-bond donors (Lipinski definition) is 1. The summed E-state index contributed by atoms with van der Waals surface area (Å²) in [5.41, 5.74) is 0.0601. The number of rotatable bonds is 4. The van der Waals surface area contributed by atoms with E-state index >= 15 is 0 Å². The highest BCUT2D eigenvalue weighted by Gasteiger charge is 2.45. The van der Waals surface area contributed by atoms with E-state index < -0.39 is 23.2 Å². The number of aromatic hydroxyl groups is 1. The number of ether oxygens (including phenoxy) is 1. The molecule has 0 saturated carbocycles. The van der Waals surface area contributed by atoms with E-state index in [-0.39, 0.29) is 39.7 Å². The van der Waals surface area contributed by atoms with Gasteiger partial charge in [-0.2, -0.15) is 0 Å². The Morgan fingerprint density at radius 2 is 1.94 bits per heavy atom. The van der Waals surface area contributed by atoms with Gasteiger partial charge in [-0.05, 0) is 48.9 Å². The second-order valence-corrected chi connectivity index (χ2v) is 7.10. The van der Waals surface area contributed by atoms with Gasteiger partial charge in [0.2, 0.25) is 11.7 Å². The SMILES string of the molecule is CCOc1cc(C2c3c(oc4ccc(F)cc4c3=O)C(=O)N2c2ncccn2)ccc1O. The van der Waals surface area contributed by atoms with Gasteiger partial charge in [0.25, 0.3) is 5.91 Å². The lowest BCUT2D eigenvalue weighted by Crippen LogP contribution is -2.31. The van der Waals surface area contributed by atoms with Crippen LogP contribution >= 0.6 is 0 Å². The van der Waals surface area contributed by atoms with Gasteiger partial charge < -0.3 is 14.3 Å². The Labute approximate surface area is 180 Å². The molecule has 1 N–H and O–H groups in total. The number of halogens is 1. The summed E-state index contributed by atoms with van der Waals surface area (Å²) in [6.45, 7) is 2.06. The molecule has 0 saturated heterocycles. The molecule has 0 aliphatic carbocycles. The first-order chi connectivity index (χ1) is 15.5. The first-order valence-electron chi connectivity index (χ1n) is 9.82. The van der Waals surface area contributed by atoms with Gasteiger partial charge in [-0.25, -0.2) is 14.4 Å². The summed E-state index contributed by atoms with van der Waals surface area (Å²) in [4.78, 5) is 36.4. The number of amides is 1. The number of aromatic nitrogens is 2. The molecule has 5 rings (SSSR count). The lowest BCUT2D eigenvalue weighted by atomic mass is 9.98. The highest BCUT2D eigenvalue weighted by molar-refractivity contribution is 6.09. The molecular weight excluding hydrogens is 417 g/mol. The van der Waals surface area contributed by atoms with E-state index in [4.69, 9.17) is 9.15 Å². The van der Waals surface area contributed by atoms with Crippen molar-refractivity contribution in [2.75, 3.05) is 11.5 Å². The zero-order valence-electron chi connectivity index (χ0n) is 16.8. The Morgan fingerprint density at radius 1 is 1.16 bits per heavy atom. The minimum Gasteiger partial charge on any atom is -0.504 e. The summed E-state index contributed by atoms with van der Waals surface area (Å²) in [5, 5.41) is 10.1. The fourth-order valence-corrected chi connectivity index (χ4v) is 3.85. The molecule has 1 aliphatic heterocycles. The van der Waals surface area contributed by atoms with Crippen LogP contribution in [0.4, 0.5) is 10.3 Å². The van der Waals surface area contributed by atoms with Crippen LogP contribution in [0.25, 0.3) is 11.0 Å². The van der Waals surface area contributed by atoms with Gasteiger partial charge in [-0.1, -0.05) is 6.07 Å². The van der Waals surface area contributed by atoms with Crippen molar-refractivity contribution >= 4 is 22.8 Å². The average Bonchev–Trinajstić information content (AvgIpc) is 3.09. The van der Waals surface area contributed by atoms with Gasteiger partial charge in [0.05, 0.1) is 23.6 Å². The van der Waals surface area contributed by atoms with Crippen LogP contribution in [-0.4, -0.2) is 27.6 Å². The van der Waals surface area contributed by atoms with Crippen LogP contribution in [-0.2, 0) is 0 Å². The Hall–Kier alpha value is -4.27. The van der Waals surface area contributed by atoms with Crippen molar-refractivity contribution < 1.29 is 23.4 Å². The normalized spacial score (nSPS) is 15.2. The zero-order valence-corrected chi connectivity index (χ0v) is 16.8. The molecule has 1 unspecified atom stereocenters. The predicted octanol–water partition coefficient (Wildman–Crippen LogP) is 3.58.